The SMILES string of the molecule is CCCC1CC(C#N)(N2CCN(C)CC2)CCO1. The van der Waals surface area contributed by atoms with Crippen molar-refractivity contribution in [3.8, 4) is 6.07 Å². The lowest BCUT2D eigenvalue weighted by Gasteiger charge is -2.46. The van der Waals surface area contributed by atoms with E-state index in [0.29, 0.717) is 0 Å². The highest BCUT2D eigenvalue weighted by Gasteiger charge is 2.42. The van der Waals surface area contributed by atoms with Gasteiger partial charge in [-0.3, -0.25) is 4.90 Å². The summed E-state index contributed by atoms with van der Waals surface area (Å²) in [5.74, 6) is 0. The third kappa shape index (κ3) is 2.85. The lowest BCUT2D eigenvalue weighted by Crippen LogP contribution is -2.59. The summed E-state index contributed by atoms with van der Waals surface area (Å²) in [6.45, 7) is 7.10. The molecule has 2 aliphatic heterocycles. The first-order chi connectivity index (χ1) is 8.70. The fourth-order valence-electron chi connectivity index (χ4n) is 3.13. The van der Waals surface area contributed by atoms with Crippen molar-refractivity contribution in [1.29, 1.82) is 5.26 Å². The van der Waals surface area contributed by atoms with Crippen molar-refractivity contribution in [2.75, 3.05) is 39.8 Å². The molecule has 0 N–H and O–H groups in total. The second-order valence-electron chi connectivity index (χ2n) is 5.67. The van der Waals surface area contributed by atoms with Crippen LogP contribution >= 0.6 is 0 Å². The van der Waals surface area contributed by atoms with Crippen molar-refractivity contribution in [2.24, 2.45) is 0 Å². The minimum Gasteiger partial charge on any atom is -0.378 e. The van der Waals surface area contributed by atoms with Crippen LogP contribution in [0.5, 0.6) is 0 Å². The van der Waals surface area contributed by atoms with E-state index in [0.717, 1.165) is 58.5 Å². The Balaban J connectivity index is 2.03. The van der Waals surface area contributed by atoms with Crippen LogP contribution < -0.4 is 0 Å². The van der Waals surface area contributed by atoms with Gasteiger partial charge in [-0.2, -0.15) is 5.26 Å². The number of rotatable bonds is 3. The van der Waals surface area contributed by atoms with Gasteiger partial charge >= 0.3 is 0 Å². The van der Waals surface area contributed by atoms with Crippen LogP contribution in [0.2, 0.25) is 0 Å². The molecule has 2 atom stereocenters. The molecule has 102 valence electrons. The zero-order valence-electron chi connectivity index (χ0n) is 11.7. The molecule has 4 nitrogen and oxygen atoms in total. The quantitative estimate of drug-likeness (QED) is 0.761. The number of nitrogens with zero attached hydrogens (tertiary/aromatic N) is 3. The molecule has 2 rings (SSSR count). The van der Waals surface area contributed by atoms with Crippen LogP contribution in [0.1, 0.15) is 32.6 Å². The predicted molar refractivity (Wildman–Crippen MR) is 71.3 cm³/mol. The van der Waals surface area contributed by atoms with E-state index in [-0.39, 0.29) is 11.6 Å². The van der Waals surface area contributed by atoms with E-state index in [1.165, 1.54) is 0 Å². The lowest BCUT2D eigenvalue weighted by atomic mass is 9.84. The van der Waals surface area contributed by atoms with Gasteiger partial charge in [0.15, 0.2) is 0 Å². The fourth-order valence-corrected chi connectivity index (χ4v) is 3.13. The summed E-state index contributed by atoms with van der Waals surface area (Å²) < 4.78 is 5.80. The molecule has 2 fully saturated rings. The number of hydrogen-bond acceptors (Lipinski definition) is 4. The van der Waals surface area contributed by atoms with Crippen molar-refractivity contribution in [3.63, 3.8) is 0 Å². The minimum atomic E-state index is -0.265. The summed E-state index contributed by atoms with van der Waals surface area (Å²) in [6, 6.07) is 2.62. The maximum Gasteiger partial charge on any atom is 0.114 e. The largest absolute Gasteiger partial charge is 0.378 e. The molecule has 0 amide bonds. The molecule has 4 heteroatoms. The van der Waals surface area contributed by atoms with E-state index in [4.69, 9.17) is 4.74 Å². The average Bonchev–Trinajstić information content (AvgIpc) is 2.40. The summed E-state index contributed by atoms with van der Waals surface area (Å²) in [5.41, 5.74) is -0.265. The molecule has 2 aliphatic rings. The Bertz CT molecular complexity index is 305. The molecule has 0 aromatic carbocycles. The molecule has 2 saturated heterocycles. The van der Waals surface area contributed by atoms with Crippen LogP contribution in [0.25, 0.3) is 0 Å². The standard InChI is InChI=1S/C14H25N3O/c1-3-4-13-11-14(12-15,5-10-18-13)17-8-6-16(2)7-9-17/h13H,3-11H2,1-2H3. The van der Waals surface area contributed by atoms with Gasteiger partial charge < -0.3 is 9.64 Å². The van der Waals surface area contributed by atoms with Crippen molar-refractivity contribution in [1.82, 2.24) is 9.80 Å². The molecule has 0 radical (unpaired) electrons. The Morgan fingerprint density at radius 1 is 1.33 bits per heavy atom. The first-order valence-corrected chi connectivity index (χ1v) is 7.16. The number of hydrogen-bond donors (Lipinski definition) is 0. The van der Waals surface area contributed by atoms with E-state index in [1.54, 1.807) is 0 Å². The summed E-state index contributed by atoms with van der Waals surface area (Å²) >= 11 is 0. The zero-order valence-corrected chi connectivity index (χ0v) is 11.7. The van der Waals surface area contributed by atoms with Crippen LogP contribution in [0.3, 0.4) is 0 Å². The van der Waals surface area contributed by atoms with Crippen LogP contribution in [0.15, 0.2) is 0 Å². The first kappa shape index (κ1) is 13.8. The van der Waals surface area contributed by atoms with Crippen LogP contribution in [0.4, 0.5) is 0 Å². The van der Waals surface area contributed by atoms with Gasteiger partial charge in [-0.25, -0.2) is 0 Å². The van der Waals surface area contributed by atoms with Gasteiger partial charge in [0.25, 0.3) is 0 Å². The van der Waals surface area contributed by atoms with Gasteiger partial charge in [0.1, 0.15) is 5.54 Å². The Kier molecular flexibility index (Phi) is 4.60. The Morgan fingerprint density at radius 2 is 2.06 bits per heavy atom. The smallest absolute Gasteiger partial charge is 0.114 e. The molecular formula is C14H25N3O. The molecule has 0 bridgehead atoms. The summed E-state index contributed by atoms with van der Waals surface area (Å²) in [7, 11) is 2.15. The highest BCUT2D eigenvalue weighted by molar-refractivity contribution is 5.11. The number of ether oxygens (including phenoxy) is 1. The number of nitriles is 1. The molecule has 18 heavy (non-hydrogen) atoms. The first-order valence-electron chi connectivity index (χ1n) is 7.16. The van der Waals surface area contributed by atoms with Crippen LogP contribution in [-0.4, -0.2) is 61.3 Å². The third-order valence-corrected chi connectivity index (χ3v) is 4.36. The maximum absolute atomic E-state index is 9.68. The Morgan fingerprint density at radius 3 is 2.67 bits per heavy atom. The molecule has 0 aliphatic carbocycles. The van der Waals surface area contributed by atoms with Crippen LogP contribution in [-0.2, 0) is 4.74 Å². The number of piperazine rings is 1. The molecule has 2 unspecified atom stereocenters. The maximum atomic E-state index is 9.68. The van der Waals surface area contributed by atoms with Crippen molar-refractivity contribution in [3.05, 3.63) is 0 Å². The highest BCUT2D eigenvalue weighted by atomic mass is 16.5. The summed E-state index contributed by atoms with van der Waals surface area (Å²) in [4.78, 5) is 4.74. The summed E-state index contributed by atoms with van der Waals surface area (Å²) in [6.07, 6.45) is 4.25. The topological polar surface area (TPSA) is 39.5 Å². The van der Waals surface area contributed by atoms with E-state index < -0.39 is 0 Å². The van der Waals surface area contributed by atoms with Gasteiger partial charge in [-0.1, -0.05) is 13.3 Å². The Labute approximate surface area is 110 Å². The van der Waals surface area contributed by atoms with Gasteiger partial charge in [0, 0.05) is 45.6 Å². The molecule has 0 saturated carbocycles. The van der Waals surface area contributed by atoms with Crippen molar-refractivity contribution < 1.29 is 4.74 Å². The van der Waals surface area contributed by atoms with Gasteiger partial charge in [0.05, 0.1) is 12.2 Å². The van der Waals surface area contributed by atoms with Gasteiger partial charge in [-0.15, -0.1) is 0 Å². The lowest BCUT2D eigenvalue weighted by molar-refractivity contribution is -0.0641. The number of likely N-dealkylation sites (N-methyl/N-ethyl adjacent to an activating group) is 1. The van der Waals surface area contributed by atoms with E-state index in [1.807, 2.05) is 0 Å². The molecular weight excluding hydrogens is 226 g/mol. The predicted octanol–water partition coefficient (Wildman–Crippen LogP) is 1.48. The highest BCUT2D eigenvalue weighted by Crippen LogP contribution is 2.32. The van der Waals surface area contributed by atoms with E-state index in [2.05, 4.69) is 29.8 Å². The van der Waals surface area contributed by atoms with Crippen molar-refractivity contribution >= 4 is 0 Å². The van der Waals surface area contributed by atoms with Crippen LogP contribution in [0, 0.1) is 11.3 Å². The van der Waals surface area contributed by atoms with Crippen molar-refractivity contribution in [2.45, 2.75) is 44.2 Å². The van der Waals surface area contributed by atoms with Gasteiger partial charge in [0.2, 0.25) is 0 Å². The van der Waals surface area contributed by atoms with Gasteiger partial charge in [-0.05, 0) is 13.5 Å². The third-order valence-electron chi connectivity index (χ3n) is 4.36. The minimum absolute atomic E-state index is 0.265. The summed E-state index contributed by atoms with van der Waals surface area (Å²) in [5, 5.41) is 9.68. The molecule has 0 spiro atoms. The zero-order chi connectivity index (χ0) is 13.0. The fraction of sp³-hybridized carbons (Fsp3) is 0.929. The second kappa shape index (κ2) is 6.01. The normalized spacial score (nSPS) is 35.3. The second-order valence-corrected chi connectivity index (χ2v) is 5.67. The monoisotopic (exact) mass is 251 g/mol. The average molecular weight is 251 g/mol. The van der Waals surface area contributed by atoms with E-state index in [9.17, 15) is 5.26 Å². The molecule has 0 aromatic heterocycles. The molecule has 0 aromatic rings. The molecule has 2 heterocycles. The Hall–Kier alpha value is -0.630. The van der Waals surface area contributed by atoms with E-state index >= 15 is 0 Å².